The van der Waals surface area contributed by atoms with E-state index in [0.717, 1.165) is 10.6 Å². The van der Waals surface area contributed by atoms with Crippen molar-refractivity contribution in [2.24, 2.45) is 0 Å². The average molecular weight is 357 g/mol. The first kappa shape index (κ1) is 16.0. The Bertz CT molecular complexity index is 901. The van der Waals surface area contributed by atoms with Crippen LogP contribution in [-0.2, 0) is 4.79 Å². The third-order valence-electron chi connectivity index (χ3n) is 3.02. The van der Waals surface area contributed by atoms with Crippen molar-refractivity contribution in [1.29, 1.82) is 0 Å². The summed E-state index contributed by atoms with van der Waals surface area (Å²) < 4.78 is 0. The lowest BCUT2D eigenvalue weighted by atomic mass is 10.2. The lowest BCUT2D eigenvalue weighted by Gasteiger charge is -1.97. The predicted octanol–water partition coefficient (Wildman–Crippen LogP) is 4.43. The first-order valence-electron chi connectivity index (χ1n) is 6.85. The number of hydrogen-bond donors (Lipinski definition) is 1. The minimum absolute atomic E-state index is 0.0157. The summed E-state index contributed by atoms with van der Waals surface area (Å²) >= 11 is 2.93. The molecular formula is C16H11N3O3S2. The number of aromatic nitrogens is 1. The number of hydrogen-bond acceptors (Lipinski definition) is 6. The maximum atomic E-state index is 11.9. The molecule has 8 heteroatoms. The summed E-state index contributed by atoms with van der Waals surface area (Å²) in [7, 11) is 0. The van der Waals surface area contributed by atoms with Crippen molar-refractivity contribution in [3.63, 3.8) is 0 Å². The molecule has 120 valence electrons. The summed E-state index contributed by atoms with van der Waals surface area (Å²) in [5.41, 5.74) is 1.39. The maximum absolute atomic E-state index is 11.9. The fourth-order valence-corrected chi connectivity index (χ4v) is 3.40. The number of benzene rings is 1. The number of amides is 1. The van der Waals surface area contributed by atoms with Gasteiger partial charge in [0, 0.05) is 23.6 Å². The van der Waals surface area contributed by atoms with Gasteiger partial charge in [-0.05, 0) is 23.1 Å². The van der Waals surface area contributed by atoms with Gasteiger partial charge in [0.2, 0.25) is 5.91 Å². The molecular weight excluding hydrogens is 346 g/mol. The highest BCUT2D eigenvalue weighted by Gasteiger charge is 2.07. The van der Waals surface area contributed by atoms with Gasteiger partial charge in [0.25, 0.3) is 5.69 Å². The van der Waals surface area contributed by atoms with Crippen LogP contribution < -0.4 is 5.32 Å². The number of rotatable bonds is 5. The van der Waals surface area contributed by atoms with Gasteiger partial charge in [-0.25, -0.2) is 4.98 Å². The molecule has 2 aromatic heterocycles. The van der Waals surface area contributed by atoms with Crippen LogP contribution in [0.1, 0.15) is 5.56 Å². The molecule has 0 atom stereocenters. The normalized spacial score (nSPS) is 10.8. The van der Waals surface area contributed by atoms with Crippen LogP contribution in [0.5, 0.6) is 0 Å². The maximum Gasteiger partial charge on any atom is 0.270 e. The van der Waals surface area contributed by atoms with E-state index < -0.39 is 4.92 Å². The third kappa shape index (κ3) is 3.92. The Morgan fingerprint density at radius 1 is 1.25 bits per heavy atom. The number of thiophene rings is 1. The Morgan fingerprint density at radius 2 is 2.12 bits per heavy atom. The number of nitrogens with one attached hydrogen (secondary N) is 1. The van der Waals surface area contributed by atoms with Gasteiger partial charge in [-0.15, -0.1) is 22.7 Å². The van der Waals surface area contributed by atoms with E-state index in [0.29, 0.717) is 10.7 Å². The molecule has 1 amide bonds. The molecule has 0 bridgehead atoms. The van der Waals surface area contributed by atoms with Crippen molar-refractivity contribution >= 4 is 45.5 Å². The van der Waals surface area contributed by atoms with Crippen molar-refractivity contribution < 1.29 is 9.72 Å². The van der Waals surface area contributed by atoms with Crippen molar-refractivity contribution in [2.75, 3.05) is 5.32 Å². The molecule has 0 unspecified atom stereocenters. The number of nitrogens with zero attached hydrogens (tertiary/aromatic N) is 2. The second-order valence-corrected chi connectivity index (χ2v) is 6.50. The quantitative estimate of drug-likeness (QED) is 0.416. The number of carbonyl (C=O) groups is 1. The lowest BCUT2D eigenvalue weighted by molar-refractivity contribution is -0.384. The van der Waals surface area contributed by atoms with Crippen molar-refractivity contribution in [1.82, 2.24) is 4.98 Å². The molecule has 3 rings (SSSR count). The summed E-state index contributed by atoms with van der Waals surface area (Å²) in [5, 5.41) is 17.8. The van der Waals surface area contributed by atoms with Gasteiger partial charge in [0.1, 0.15) is 0 Å². The first-order valence-corrected chi connectivity index (χ1v) is 8.61. The molecule has 3 aromatic rings. The molecule has 0 saturated carbocycles. The van der Waals surface area contributed by atoms with Crippen LogP contribution in [0.3, 0.4) is 0 Å². The summed E-state index contributed by atoms with van der Waals surface area (Å²) in [4.78, 5) is 27.6. The molecule has 2 heterocycles. The summed E-state index contributed by atoms with van der Waals surface area (Å²) in [5.74, 6) is -0.339. The molecule has 1 N–H and O–H groups in total. The third-order valence-corrected chi connectivity index (χ3v) is 4.67. The fourth-order valence-electron chi connectivity index (χ4n) is 1.93. The second-order valence-electron chi connectivity index (χ2n) is 4.69. The van der Waals surface area contributed by atoms with E-state index in [1.807, 2.05) is 22.9 Å². The van der Waals surface area contributed by atoms with Gasteiger partial charge in [0.15, 0.2) is 5.13 Å². The highest BCUT2D eigenvalue weighted by Crippen LogP contribution is 2.28. The zero-order valence-electron chi connectivity index (χ0n) is 12.2. The molecule has 0 aliphatic heterocycles. The zero-order chi connectivity index (χ0) is 16.9. The Kier molecular flexibility index (Phi) is 4.78. The van der Waals surface area contributed by atoms with Crippen LogP contribution >= 0.6 is 22.7 Å². The van der Waals surface area contributed by atoms with Crippen molar-refractivity contribution in [3.8, 4) is 10.6 Å². The number of anilines is 1. The predicted molar refractivity (Wildman–Crippen MR) is 96.2 cm³/mol. The topological polar surface area (TPSA) is 85.1 Å². The Labute approximate surface area is 145 Å². The largest absolute Gasteiger partial charge is 0.298 e. The van der Waals surface area contributed by atoms with Gasteiger partial charge in [-0.2, -0.15) is 0 Å². The van der Waals surface area contributed by atoms with Gasteiger partial charge < -0.3 is 0 Å². The monoisotopic (exact) mass is 357 g/mol. The molecule has 0 aliphatic rings. The van der Waals surface area contributed by atoms with Gasteiger partial charge in [-0.3, -0.25) is 20.2 Å². The summed E-state index contributed by atoms with van der Waals surface area (Å²) in [6.45, 7) is 0. The summed E-state index contributed by atoms with van der Waals surface area (Å²) in [6.07, 6.45) is 2.85. The second kappa shape index (κ2) is 7.16. The fraction of sp³-hybridized carbons (Fsp3) is 0. The van der Waals surface area contributed by atoms with E-state index in [2.05, 4.69) is 10.3 Å². The Hall–Kier alpha value is -2.84. The number of non-ortho nitro benzene ring substituents is 1. The number of nitro benzene ring substituents is 1. The van der Waals surface area contributed by atoms with E-state index in [1.54, 1.807) is 23.5 Å². The van der Waals surface area contributed by atoms with Crippen LogP contribution in [0.25, 0.3) is 16.6 Å². The Morgan fingerprint density at radius 3 is 2.88 bits per heavy atom. The van der Waals surface area contributed by atoms with Crippen LogP contribution in [0.15, 0.2) is 53.2 Å². The minimum Gasteiger partial charge on any atom is -0.298 e. The standard InChI is InChI=1S/C16H11N3O3S2/c20-15(7-6-11-3-1-4-12(9-11)19(21)22)18-16-17-13(10-24-16)14-5-2-8-23-14/h1-10H,(H,17,18,20). The van der Waals surface area contributed by atoms with E-state index in [1.165, 1.54) is 35.6 Å². The molecule has 0 spiro atoms. The van der Waals surface area contributed by atoms with E-state index in [4.69, 9.17) is 0 Å². The molecule has 1 aromatic carbocycles. The molecule has 0 radical (unpaired) electrons. The molecule has 0 aliphatic carbocycles. The molecule has 24 heavy (non-hydrogen) atoms. The van der Waals surface area contributed by atoms with Crippen LogP contribution in [-0.4, -0.2) is 15.8 Å². The van der Waals surface area contributed by atoms with E-state index in [9.17, 15) is 14.9 Å². The number of thiazole rings is 1. The molecule has 0 fully saturated rings. The highest BCUT2D eigenvalue weighted by atomic mass is 32.1. The van der Waals surface area contributed by atoms with Crippen LogP contribution in [0, 0.1) is 10.1 Å². The lowest BCUT2D eigenvalue weighted by Crippen LogP contribution is -2.07. The molecule has 0 saturated heterocycles. The highest BCUT2D eigenvalue weighted by molar-refractivity contribution is 7.16. The van der Waals surface area contributed by atoms with Gasteiger partial charge >= 0.3 is 0 Å². The smallest absolute Gasteiger partial charge is 0.270 e. The Balaban J connectivity index is 1.65. The summed E-state index contributed by atoms with van der Waals surface area (Å²) in [6, 6.07) is 9.98. The van der Waals surface area contributed by atoms with Crippen LogP contribution in [0.2, 0.25) is 0 Å². The van der Waals surface area contributed by atoms with Crippen molar-refractivity contribution in [3.05, 3.63) is 68.9 Å². The molecule has 6 nitrogen and oxygen atoms in total. The average Bonchev–Trinajstić information content (AvgIpc) is 3.24. The SMILES string of the molecule is O=C(C=Cc1cccc([N+](=O)[O-])c1)Nc1nc(-c2cccs2)cs1. The zero-order valence-corrected chi connectivity index (χ0v) is 13.8. The minimum atomic E-state index is -0.473. The van der Waals surface area contributed by atoms with Gasteiger partial charge in [0.05, 0.1) is 15.5 Å². The van der Waals surface area contributed by atoms with Crippen molar-refractivity contribution in [2.45, 2.75) is 0 Å². The first-order chi connectivity index (χ1) is 11.6. The van der Waals surface area contributed by atoms with Crippen LogP contribution in [0.4, 0.5) is 10.8 Å². The number of carbonyl (C=O) groups excluding carboxylic acids is 1. The number of nitro groups is 1. The van der Waals surface area contributed by atoms with E-state index in [-0.39, 0.29) is 11.6 Å². The van der Waals surface area contributed by atoms with E-state index >= 15 is 0 Å². The van der Waals surface area contributed by atoms with Gasteiger partial charge in [-0.1, -0.05) is 18.2 Å².